The summed E-state index contributed by atoms with van der Waals surface area (Å²) in [5.41, 5.74) is 9.25. The van der Waals surface area contributed by atoms with Gasteiger partial charge in [0.15, 0.2) is 0 Å². The van der Waals surface area contributed by atoms with Gasteiger partial charge in [0.2, 0.25) is 5.96 Å². The van der Waals surface area contributed by atoms with Gasteiger partial charge >= 0.3 is 0 Å². The van der Waals surface area contributed by atoms with Crippen molar-refractivity contribution in [2.45, 2.75) is 15.5 Å². The Morgan fingerprint density at radius 2 is 1.71 bits per heavy atom. The monoisotopic (exact) mass is 531 g/mol. The van der Waals surface area contributed by atoms with E-state index in [0.29, 0.717) is 31.2 Å². The third-order valence-corrected chi connectivity index (χ3v) is 8.46. The van der Waals surface area contributed by atoms with Crippen molar-refractivity contribution in [3.8, 4) is 21.1 Å². The number of thioether (sulfide) groups is 1. The van der Waals surface area contributed by atoms with Crippen molar-refractivity contribution < 1.29 is 13.6 Å². The van der Waals surface area contributed by atoms with Crippen molar-refractivity contribution in [2.75, 3.05) is 0 Å². The lowest BCUT2D eigenvalue weighted by atomic mass is 10.2. The van der Waals surface area contributed by atoms with Gasteiger partial charge < -0.3 is 5.73 Å². The molecule has 0 aliphatic carbocycles. The number of nitrogens with one attached hydrogen (secondary N) is 1. The second kappa shape index (κ2) is 10.5. The van der Waals surface area contributed by atoms with Crippen LogP contribution in [0.25, 0.3) is 21.1 Å². The minimum atomic E-state index is -4.28. The molecular formula is C22H18ClN5O3S3. The van der Waals surface area contributed by atoms with Crippen LogP contribution in [0.15, 0.2) is 87.0 Å². The van der Waals surface area contributed by atoms with E-state index in [0.717, 1.165) is 11.1 Å². The molecule has 1 heterocycles. The molecule has 1 aromatic heterocycles. The molecule has 0 bridgehead atoms. The van der Waals surface area contributed by atoms with Crippen molar-refractivity contribution in [3.05, 3.63) is 83.4 Å². The number of hydrogen-bond acceptors (Lipinski definition) is 7. The van der Waals surface area contributed by atoms with Crippen LogP contribution in [0, 0.1) is 0 Å². The van der Waals surface area contributed by atoms with Gasteiger partial charge in [-0.2, -0.15) is 8.42 Å². The molecule has 174 valence electrons. The smallest absolute Gasteiger partial charge is 0.286 e. The largest absolute Gasteiger partial charge is 0.367 e. The Morgan fingerprint density at radius 1 is 1.06 bits per heavy atom. The van der Waals surface area contributed by atoms with E-state index in [4.69, 9.17) is 22.5 Å². The van der Waals surface area contributed by atoms with E-state index in [9.17, 15) is 8.42 Å². The number of rotatable bonds is 7. The minimum absolute atomic E-state index is 0.109. The van der Waals surface area contributed by atoms with Crippen molar-refractivity contribution in [3.63, 3.8) is 0 Å². The van der Waals surface area contributed by atoms with E-state index >= 15 is 0 Å². The molecule has 12 heteroatoms. The standard InChI is InChI=1S/C22H18ClN5O3S3/c23-17-12-18(32-13-14-7-3-1-4-8-14)19(34(30,31)28-22(24)27-29)11-16(17)21-26-25-20(33-21)15-9-5-2-6-10-15/h1-12,29H,13H2,(H3,24,27,28). The maximum atomic E-state index is 13.0. The number of hydrogen-bond donors (Lipinski definition) is 3. The third kappa shape index (κ3) is 5.57. The lowest BCUT2D eigenvalue weighted by Crippen LogP contribution is -2.29. The summed E-state index contributed by atoms with van der Waals surface area (Å²) in [4.78, 5) is 0.280. The fourth-order valence-electron chi connectivity index (χ4n) is 2.98. The molecule has 0 fully saturated rings. The Morgan fingerprint density at radius 3 is 2.38 bits per heavy atom. The number of benzene rings is 3. The SMILES string of the molecule is N/C(=N\S(=O)(=O)c1cc(-c2nnc(-c3ccccc3)s2)c(Cl)cc1SCc1ccccc1)NO. The highest BCUT2D eigenvalue weighted by Gasteiger charge is 2.24. The third-order valence-electron chi connectivity index (χ3n) is 4.56. The summed E-state index contributed by atoms with van der Waals surface area (Å²) < 4.78 is 29.5. The Bertz CT molecular complexity index is 1430. The molecule has 4 rings (SSSR count). The van der Waals surface area contributed by atoms with Crippen LogP contribution in [0.4, 0.5) is 0 Å². The highest BCUT2D eigenvalue weighted by Crippen LogP contribution is 2.40. The number of sulfonamides is 1. The Balaban J connectivity index is 1.78. The molecule has 34 heavy (non-hydrogen) atoms. The van der Waals surface area contributed by atoms with Gasteiger partial charge in [0, 0.05) is 21.8 Å². The first kappa shape index (κ1) is 24.2. The number of nitrogens with zero attached hydrogens (tertiary/aromatic N) is 3. The van der Waals surface area contributed by atoms with E-state index in [1.807, 2.05) is 60.7 Å². The quantitative estimate of drug-likeness (QED) is 0.134. The van der Waals surface area contributed by atoms with Gasteiger partial charge in [-0.15, -0.1) is 26.4 Å². The Labute approximate surface area is 209 Å². The van der Waals surface area contributed by atoms with E-state index in [1.54, 1.807) is 11.5 Å². The summed E-state index contributed by atoms with van der Waals surface area (Å²) in [6, 6.07) is 22.1. The number of halogens is 1. The van der Waals surface area contributed by atoms with E-state index in [-0.39, 0.29) is 4.90 Å². The molecule has 0 aliphatic heterocycles. The number of hydroxylamine groups is 1. The lowest BCUT2D eigenvalue weighted by molar-refractivity contribution is 0.233. The van der Waals surface area contributed by atoms with Gasteiger partial charge in [0.05, 0.1) is 5.02 Å². The first-order valence-corrected chi connectivity index (χ1v) is 13.4. The van der Waals surface area contributed by atoms with E-state index < -0.39 is 16.0 Å². The number of nitrogens with two attached hydrogens (primary N) is 1. The van der Waals surface area contributed by atoms with Crippen LogP contribution in [-0.4, -0.2) is 29.8 Å². The molecule has 0 spiro atoms. The maximum Gasteiger partial charge on any atom is 0.286 e. The number of aromatic nitrogens is 2. The van der Waals surface area contributed by atoms with E-state index in [2.05, 4.69) is 14.6 Å². The molecular weight excluding hydrogens is 514 g/mol. The predicted molar refractivity (Wildman–Crippen MR) is 136 cm³/mol. The van der Waals surface area contributed by atoms with Gasteiger partial charge in [-0.1, -0.05) is 83.6 Å². The zero-order chi connectivity index (χ0) is 24.1. The molecule has 4 aromatic rings. The topological polar surface area (TPSA) is 131 Å². The van der Waals surface area contributed by atoms with Crippen LogP contribution < -0.4 is 11.2 Å². The van der Waals surface area contributed by atoms with Crippen LogP contribution in [0.2, 0.25) is 5.02 Å². The van der Waals surface area contributed by atoms with Gasteiger partial charge in [0.25, 0.3) is 10.0 Å². The molecule has 0 saturated heterocycles. The zero-order valence-electron chi connectivity index (χ0n) is 17.4. The molecule has 0 atom stereocenters. The van der Waals surface area contributed by atoms with Crippen LogP contribution in [0.1, 0.15) is 5.56 Å². The molecule has 0 aliphatic rings. The summed E-state index contributed by atoms with van der Waals surface area (Å²) in [6.07, 6.45) is 0. The lowest BCUT2D eigenvalue weighted by Gasteiger charge is -2.11. The molecule has 0 radical (unpaired) electrons. The fraction of sp³-hybridized carbons (Fsp3) is 0.0455. The minimum Gasteiger partial charge on any atom is -0.367 e. The fourth-order valence-corrected chi connectivity index (χ4v) is 6.62. The Hall–Kier alpha value is -2.96. The summed E-state index contributed by atoms with van der Waals surface area (Å²) in [6.45, 7) is 0. The van der Waals surface area contributed by atoms with E-state index in [1.165, 1.54) is 29.2 Å². The maximum absolute atomic E-state index is 13.0. The second-order valence-corrected chi connectivity index (χ2v) is 10.9. The van der Waals surface area contributed by atoms with Crippen LogP contribution >= 0.6 is 34.7 Å². The van der Waals surface area contributed by atoms with Gasteiger partial charge in [-0.25, -0.2) is 5.48 Å². The van der Waals surface area contributed by atoms with Crippen molar-refractivity contribution >= 4 is 50.7 Å². The molecule has 0 saturated carbocycles. The van der Waals surface area contributed by atoms with Gasteiger partial charge in [-0.05, 0) is 17.7 Å². The van der Waals surface area contributed by atoms with Gasteiger partial charge in [-0.3, -0.25) is 5.21 Å². The molecule has 3 aromatic carbocycles. The average Bonchev–Trinajstić information content (AvgIpc) is 3.33. The highest BCUT2D eigenvalue weighted by atomic mass is 35.5. The molecule has 4 N–H and O–H groups in total. The van der Waals surface area contributed by atoms with Crippen LogP contribution in [-0.2, 0) is 15.8 Å². The average molecular weight is 532 g/mol. The highest BCUT2D eigenvalue weighted by molar-refractivity contribution is 7.99. The van der Waals surface area contributed by atoms with Crippen molar-refractivity contribution in [1.29, 1.82) is 0 Å². The number of guanidine groups is 1. The van der Waals surface area contributed by atoms with Crippen LogP contribution in [0.3, 0.4) is 0 Å². The van der Waals surface area contributed by atoms with Gasteiger partial charge in [0.1, 0.15) is 14.9 Å². The zero-order valence-corrected chi connectivity index (χ0v) is 20.6. The summed E-state index contributed by atoms with van der Waals surface area (Å²) in [7, 11) is -4.28. The molecule has 0 amide bonds. The molecule has 0 unspecified atom stereocenters. The predicted octanol–water partition coefficient (Wildman–Crippen LogP) is 4.80. The van der Waals surface area contributed by atoms with Crippen LogP contribution in [0.5, 0.6) is 0 Å². The van der Waals surface area contributed by atoms with Crippen molar-refractivity contribution in [1.82, 2.24) is 15.7 Å². The Kier molecular flexibility index (Phi) is 7.49. The first-order chi connectivity index (χ1) is 16.4. The second-order valence-electron chi connectivity index (χ2n) is 6.89. The first-order valence-electron chi connectivity index (χ1n) is 9.77. The summed E-state index contributed by atoms with van der Waals surface area (Å²) >= 11 is 9.15. The summed E-state index contributed by atoms with van der Waals surface area (Å²) in [5.74, 6) is -0.147. The van der Waals surface area contributed by atoms with Crippen molar-refractivity contribution in [2.24, 2.45) is 10.1 Å². The molecule has 8 nitrogen and oxygen atoms in total. The normalized spacial score (nSPS) is 12.0. The summed E-state index contributed by atoms with van der Waals surface area (Å²) in [5, 5.41) is 18.8.